The first kappa shape index (κ1) is 14.3. The number of aliphatic carboxylic acids is 1. The molecule has 0 aromatic rings. The molecule has 0 aromatic carbocycles. The molecule has 15 heavy (non-hydrogen) atoms. The lowest BCUT2D eigenvalue weighted by atomic mass is 10.3. The Hall–Kier alpha value is -0.650. The molecule has 5 nitrogen and oxygen atoms in total. The van der Waals surface area contributed by atoms with Crippen LogP contribution in [-0.2, 0) is 14.3 Å². The van der Waals surface area contributed by atoms with Crippen LogP contribution in [0, 0.1) is 0 Å². The van der Waals surface area contributed by atoms with Crippen LogP contribution < -0.4 is 0 Å². The van der Waals surface area contributed by atoms with E-state index in [1.807, 2.05) is 18.7 Å². The number of methoxy groups -OCH3 is 1. The van der Waals surface area contributed by atoms with Gasteiger partial charge >= 0.3 is 5.97 Å². The molecule has 0 heterocycles. The Morgan fingerprint density at radius 3 is 2.47 bits per heavy atom. The molecule has 0 amide bonds. The molecule has 0 aliphatic rings. The summed E-state index contributed by atoms with van der Waals surface area (Å²) in [6.07, 6.45) is 0. The first-order chi connectivity index (χ1) is 7.07. The fraction of sp³-hybridized carbons (Fsp3) is 0.900. The van der Waals surface area contributed by atoms with Crippen molar-refractivity contribution in [1.82, 2.24) is 4.90 Å². The Bertz CT molecular complexity index is 173. The first-order valence-corrected chi connectivity index (χ1v) is 5.10. The minimum atomic E-state index is -0.805. The number of hydrogen-bond acceptors (Lipinski definition) is 4. The maximum Gasteiger partial charge on any atom is 0.317 e. The van der Waals surface area contributed by atoms with E-state index in [-0.39, 0.29) is 12.6 Å². The Morgan fingerprint density at radius 1 is 1.33 bits per heavy atom. The van der Waals surface area contributed by atoms with Gasteiger partial charge in [0.05, 0.1) is 26.4 Å². The molecule has 0 atom stereocenters. The highest BCUT2D eigenvalue weighted by molar-refractivity contribution is 5.69. The average molecular weight is 219 g/mol. The lowest BCUT2D eigenvalue weighted by Gasteiger charge is -2.24. The molecule has 0 radical (unpaired) electrons. The molecule has 0 spiro atoms. The van der Waals surface area contributed by atoms with E-state index in [1.165, 1.54) is 0 Å². The van der Waals surface area contributed by atoms with Gasteiger partial charge in [-0.05, 0) is 13.8 Å². The largest absolute Gasteiger partial charge is 0.480 e. The fourth-order valence-electron chi connectivity index (χ4n) is 1.12. The summed E-state index contributed by atoms with van der Waals surface area (Å²) in [7, 11) is 1.62. The molecule has 0 unspecified atom stereocenters. The third-order valence-electron chi connectivity index (χ3n) is 2.02. The zero-order chi connectivity index (χ0) is 11.7. The van der Waals surface area contributed by atoms with E-state index in [1.54, 1.807) is 7.11 Å². The summed E-state index contributed by atoms with van der Waals surface area (Å²) in [6.45, 7) is 6.29. The molecular weight excluding hydrogens is 198 g/mol. The first-order valence-electron chi connectivity index (χ1n) is 5.10. The number of carbonyl (C=O) groups is 1. The van der Waals surface area contributed by atoms with Crippen LogP contribution in [0.2, 0.25) is 0 Å². The normalized spacial score (nSPS) is 11.3. The number of carboxylic acid groups (broad SMARTS) is 1. The third-order valence-corrected chi connectivity index (χ3v) is 2.02. The van der Waals surface area contributed by atoms with Crippen LogP contribution in [0.15, 0.2) is 0 Å². The quantitative estimate of drug-likeness (QED) is 0.570. The fourth-order valence-corrected chi connectivity index (χ4v) is 1.12. The topological polar surface area (TPSA) is 59.0 Å². The number of hydrogen-bond donors (Lipinski definition) is 1. The molecule has 0 fully saturated rings. The molecule has 0 bridgehead atoms. The van der Waals surface area contributed by atoms with Gasteiger partial charge in [-0.1, -0.05) is 0 Å². The summed E-state index contributed by atoms with van der Waals surface area (Å²) < 4.78 is 10.1. The van der Waals surface area contributed by atoms with E-state index in [2.05, 4.69) is 0 Å². The van der Waals surface area contributed by atoms with Crippen molar-refractivity contribution < 1.29 is 19.4 Å². The van der Waals surface area contributed by atoms with Crippen LogP contribution in [0.25, 0.3) is 0 Å². The molecule has 90 valence electrons. The van der Waals surface area contributed by atoms with Crippen LogP contribution in [-0.4, -0.2) is 62.0 Å². The monoisotopic (exact) mass is 219 g/mol. The molecule has 0 saturated heterocycles. The number of carboxylic acids is 1. The predicted octanol–water partition coefficient (Wildman–Crippen LogP) is 0.444. The minimum absolute atomic E-state index is 0.0608. The van der Waals surface area contributed by atoms with Crippen LogP contribution in [0.3, 0.4) is 0 Å². The Kier molecular flexibility index (Phi) is 8.27. The maximum atomic E-state index is 10.5. The van der Waals surface area contributed by atoms with Crippen molar-refractivity contribution in [3.63, 3.8) is 0 Å². The summed E-state index contributed by atoms with van der Waals surface area (Å²) in [5.74, 6) is -0.805. The van der Waals surface area contributed by atoms with Crippen LogP contribution >= 0.6 is 0 Å². The molecule has 0 aliphatic heterocycles. The van der Waals surface area contributed by atoms with Crippen molar-refractivity contribution in [3.05, 3.63) is 0 Å². The van der Waals surface area contributed by atoms with E-state index in [0.29, 0.717) is 26.4 Å². The number of rotatable bonds is 9. The van der Waals surface area contributed by atoms with Gasteiger partial charge in [0.25, 0.3) is 0 Å². The van der Waals surface area contributed by atoms with E-state index in [4.69, 9.17) is 14.6 Å². The zero-order valence-electron chi connectivity index (χ0n) is 9.73. The Labute approximate surface area is 91.0 Å². The minimum Gasteiger partial charge on any atom is -0.480 e. The second-order valence-corrected chi connectivity index (χ2v) is 3.56. The molecular formula is C10H21NO4. The summed E-state index contributed by atoms with van der Waals surface area (Å²) >= 11 is 0. The van der Waals surface area contributed by atoms with Crippen molar-refractivity contribution in [2.75, 3.05) is 40.0 Å². The van der Waals surface area contributed by atoms with E-state index >= 15 is 0 Å². The second-order valence-electron chi connectivity index (χ2n) is 3.56. The Morgan fingerprint density at radius 2 is 2.00 bits per heavy atom. The summed E-state index contributed by atoms with van der Waals surface area (Å²) in [6, 6.07) is 0.215. The highest BCUT2D eigenvalue weighted by atomic mass is 16.5. The number of ether oxygens (including phenoxy) is 2. The van der Waals surface area contributed by atoms with Crippen LogP contribution in [0.1, 0.15) is 13.8 Å². The lowest BCUT2D eigenvalue weighted by molar-refractivity contribution is -0.139. The SMILES string of the molecule is COCCOCCN(CC(=O)O)C(C)C. The van der Waals surface area contributed by atoms with Gasteiger partial charge in [-0.3, -0.25) is 9.69 Å². The number of nitrogens with zero attached hydrogens (tertiary/aromatic N) is 1. The summed E-state index contributed by atoms with van der Waals surface area (Å²) in [5.41, 5.74) is 0. The molecule has 0 aliphatic carbocycles. The summed E-state index contributed by atoms with van der Waals surface area (Å²) in [4.78, 5) is 12.4. The molecule has 0 saturated carbocycles. The van der Waals surface area contributed by atoms with Gasteiger partial charge in [0, 0.05) is 19.7 Å². The molecule has 1 N–H and O–H groups in total. The van der Waals surface area contributed by atoms with Crippen LogP contribution in [0.4, 0.5) is 0 Å². The van der Waals surface area contributed by atoms with Gasteiger partial charge in [-0.25, -0.2) is 0 Å². The van der Waals surface area contributed by atoms with Gasteiger partial charge in [0.1, 0.15) is 0 Å². The predicted molar refractivity (Wildman–Crippen MR) is 57.0 cm³/mol. The van der Waals surface area contributed by atoms with Gasteiger partial charge in [0.15, 0.2) is 0 Å². The lowest BCUT2D eigenvalue weighted by Crippen LogP contribution is -2.38. The van der Waals surface area contributed by atoms with E-state index in [9.17, 15) is 4.79 Å². The average Bonchev–Trinajstić information content (AvgIpc) is 2.15. The van der Waals surface area contributed by atoms with E-state index < -0.39 is 5.97 Å². The maximum absolute atomic E-state index is 10.5. The smallest absolute Gasteiger partial charge is 0.317 e. The summed E-state index contributed by atoms with van der Waals surface area (Å²) in [5, 5.41) is 8.67. The van der Waals surface area contributed by atoms with Gasteiger partial charge in [-0.15, -0.1) is 0 Å². The third kappa shape index (κ3) is 8.35. The van der Waals surface area contributed by atoms with Crippen molar-refractivity contribution in [1.29, 1.82) is 0 Å². The van der Waals surface area contributed by atoms with Gasteiger partial charge < -0.3 is 14.6 Å². The standard InChI is InChI=1S/C10H21NO4/c1-9(2)11(8-10(12)13)4-5-15-7-6-14-3/h9H,4-8H2,1-3H3,(H,12,13). The highest BCUT2D eigenvalue weighted by Gasteiger charge is 2.12. The van der Waals surface area contributed by atoms with Crippen molar-refractivity contribution >= 4 is 5.97 Å². The molecule has 0 rings (SSSR count). The van der Waals surface area contributed by atoms with Crippen molar-refractivity contribution in [2.24, 2.45) is 0 Å². The second kappa shape index (κ2) is 8.64. The van der Waals surface area contributed by atoms with Gasteiger partial charge in [-0.2, -0.15) is 0 Å². The highest BCUT2D eigenvalue weighted by Crippen LogP contribution is 1.97. The Balaban J connectivity index is 3.62. The molecule has 0 aromatic heterocycles. The van der Waals surface area contributed by atoms with Crippen molar-refractivity contribution in [2.45, 2.75) is 19.9 Å². The molecule has 5 heteroatoms. The van der Waals surface area contributed by atoms with Crippen LogP contribution in [0.5, 0.6) is 0 Å². The van der Waals surface area contributed by atoms with Gasteiger partial charge in [0.2, 0.25) is 0 Å². The van der Waals surface area contributed by atoms with E-state index in [0.717, 1.165) is 0 Å². The zero-order valence-corrected chi connectivity index (χ0v) is 9.73. The van der Waals surface area contributed by atoms with Crippen molar-refractivity contribution in [3.8, 4) is 0 Å².